The lowest BCUT2D eigenvalue weighted by Gasteiger charge is -2.31. The van der Waals surface area contributed by atoms with E-state index < -0.39 is 0 Å². The molecule has 0 radical (unpaired) electrons. The van der Waals surface area contributed by atoms with Crippen LogP contribution >= 0.6 is 0 Å². The summed E-state index contributed by atoms with van der Waals surface area (Å²) >= 11 is 0. The molecule has 4 heteroatoms. The van der Waals surface area contributed by atoms with E-state index in [0.717, 1.165) is 30.5 Å². The lowest BCUT2D eigenvalue weighted by Crippen LogP contribution is -2.46. The van der Waals surface area contributed by atoms with Gasteiger partial charge in [-0.1, -0.05) is 60.7 Å². The number of nitrogens with one attached hydrogen (secondary N) is 1. The Morgan fingerprint density at radius 1 is 0.966 bits per heavy atom. The number of carbonyl (C=O) groups excluding carboxylic acids is 1. The molecule has 1 saturated heterocycles. The van der Waals surface area contributed by atoms with E-state index in [1.165, 1.54) is 5.69 Å². The maximum Gasteiger partial charge on any atom is 0.237 e. The monoisotopic (exact) mass is 387 g/mol. The van der Waals surface area contributed by atoms with Gasteiger partial charge in [0.15, 0.2) is 0 Å². The van der Waals surface area contributed by atoms with Gasteiger partial charge >= 0.3 is 0 Å². The fourth-order valence-corrected chi connectivity index (χ4v) is 4.45. The molecule has 29 heavy (non-hydrogen) atoms. The van der Waals surface area contributed by atoms with Crippen molar-refractivity contribution >= 4 is 5.91 Å². The number of likely N-dealkylation sites (tertiary alicyclic amines) is 1. The average Bonchev–Trinajstić information content (AvgIpc) is 3.41. The van der Waals surface area contributed by atoms with E-state index in [4.69, 9.17) is 0 Å². The zero-order chi connectivity index (χ0) is 20.2. The van der Waals surface area contributed by atoms with Gasteiger partial charge in [-0.25, -0.2) is 0 Å². The Hall–Kier alpha value is -2.85. The second kappa shape index (κ2) is 8.66. The Labute approximate surface area is 173 Å². The molecule has 1 aliphatic rings. The van der Waals surface area contributed by atoms with Crippen LogP contribution in [0.3, 0.4) is 0 Å². The molecule has 3 aromatic rings. The van der Waals surface area contributed by atoms with Crippen molar-refractivity contribution < 1.29 is 4.79 Å². The van der Waals surface area contributed by atoms with Gasteiger partial charge in [-0.3, -0.25) is 9.69 Å². The Bertz CT molecular complexity index is 895. The van der Waals surface area contributed by atoms with E-state index >= 15 is 0 Å². The van der Waals surface area contributed by atoms with Gasteiger partial charge in [-0.05, 0) is 49.6 Å². The van der Waals surface area contributed by atoms with Gasteiger partial charge in [-0.2, -0.15) is 0 Å². The van der Waals surface area contributed by atoms with Crippen LogP contribution in [-0.2, 0) is 11.8 Å². The van der Waals surface area contributed by atoms with Crippen LogP contribution in [0.5, 0.6) is 0 Å². The summed E-state index contributed by atoms with van der Waals surface area (Å²) < 4.78 is 2.17. The molecule has 150 valence electrons. The van der Waals surface area contributed by atoms with E-state index in [1.807, 2.05) is 43.3 Å². The molecular weight excluding hydrogens is 358 g/mol. The van der Waals surface area contributed by atoms with Gasteiger partial charge in [0.25, 0.3) is 0 Å². The molecule has 0 aliphatic carbocycles. The van der Waals surface area contributed by atoms with Crippen LogP contribution in [0.1, 0.15) is 48.7 Å². The lowest BCUT2D eigenvalue weighted by atomic mass is 9.98. The van der Waals surface area contributed by atoms with Crippen molar-refractivity contribution in [2.24, 2.45) is 7.05 Å². The first-order valence-corrected chi connectivity index (χ1v) is 10.4. The zero-order valence-electron chi connectivity index (χ0n) is 17.2. The van der Waals surface area contributed by atoms with Crippen LogP contribution in [-0.4, -0.2) is 28.0 Å². The minimum absolute atomic E-state index is 0.0730. The van der Waals surface area contributed by atoms with Gasteiger partial charge in [-0.15, -0.1) is 0 Å². The van der Waals surface area contributed by atoms with Crippen molar-refractivity contribution in [1.82, 2.24) is 14.8 Å². The van der Waals surface area contributed by atoms with Crippen LogP contribution in [0.25, 0.3) is 0 Å². The number of aryl methyl sites for hydroxylation is 1. The summed E-state index contributed by atoms with van der Waals surface area (Å²) in [6.07, 6.45) is 4.29. The summed E-state index contributed by atoms with van der Waals surface area (Å²) in [5.74, 6) is 0.0730. The first-order valence-electron chi connectivity index (χ1n) is 10.4. The molecule has 4 rings (SSSR count). The maximum atomic E-state index is 13.3. The third kappa shape index (κ3) is 4.13. The highest BCUT2D eigenvalue weighted by Gasteiger charge is 2.34. The largest absolute Gasteiger partial charge is 0.353 e. The summed E-state index contributed by atoms with van der Waals surface area (Å²) in [6.45, 7) is 2.98. The van der Waals surface area contributed by atoms with Crippen molar-refractivity contribution in [3.63, 3.8) is 0 Å². The standard InChI is InChI=1S/C25H29N3O/c1-19(28-18-10-16-23(28)22-15-9-17-27(22)2)25(29)26-24(20-11-5-3-6-12-20)21-13-7-4-8-14-21/h3-9,11-15,17,19,23-24H,10,16,18H2,1-2H3,(H,26,29)/t19-,23-/m0/s1. The molecule has 4 nitrogen and oxygen atoms in total. The molecule has 0 bridgehead atoms. The van der Waals surface area contributed by atoms with E-state index in [0.29, 0.717) is 6.04 Å². The van der Waals surface area contributed by atoms with Crippen molar-refractivity contribution in [1.29, 1.82) is 0 Å². The van der Waals surface area contributed by atoms with Gasteiger partial charge in [0, 0.05) is 18.9 Å². The van der Waals surface area contributed by atoms with Crippen molar-refractivity contribution in [2.45, 2.75) is 37.9 Å². The molecule has 0 saturated carbocycles. The number of aromatic nitrogens is 1. The molecular formula is C25H29N3O. The SMILES string of the molecule is C[C@@H](C(=O)NC(c1ccccc1)c1ccccc1)N1CCC[C@H]1c1cccn1C. The van der Waals surface area contributed by atoms with E-state index in [-0.39, 0.29) is 18.0 Å². The minimum atomic E-state index is -0.188. The van der Waals surface area contributed by atoms with E-state index in [1.54, 1.807) is 0 Å². The molecule has 0 unspecified atom stereocenters. The Kier molecular flexibility index (Phi) is 5.81. The Morgan fingerprint density at radius 2 is 1.59 bits per heavy atom. The van der Waals surface area contributed by atoms with Crippen LogP contribution in [0.2, 0.25) is 0 Å². The molecule has 2 aromatic carbocycles. The highest BCUT2D eigenvalue weighted by molar-refractivity contribution is 5.82. The smallest absolute Gasteiger partial charge is 0.237 e. The van der Waals surface area contributed by atoms with Gasteiger partial charge in [0.2, 0.25) is 5.91 Å². The number of nitrogens with zero attached hydrogens (tertiary/aromatic N) is 2. The fraction of sp³-hybridized carbons (Fsp3) is 0.320. The number of carbonyl (C=O) groups is 1. The quantitative estimate of drug-likeness (QED) is 0.678. The normalized spacial score (nSPS) is 18.1. The molecule has 2 heterocycles. The zero-order valence-corrected chi connectivity index (χ0v) is 17.2. The second-order valence-corrected chi connectivity index (χ2v) is 7.88. The highest BCUT2D eigenvalue weighted by Crippen LogP contribution is 2.34. The Morgan fingerprint density at radius 3 is 2.14 bits per heavy atom. The summed E-state index contributed by atoms with van der Waals surface area (Å²) in [5, 5.41) is 3.32. The molecule has 1 amide bonds. The first-order chi connectivity index (χ1) is 14.1. The fourth-order valence-electron chi connectivity index (χ4n) is 4.45. The summed E-state index contributed by atoms with van der Waals surface area (Å²) in [7, 11) is 2.08. The predicted molar refractivity (Wildman–Crippen MR) is 116 cm³/mol. The van der Waals surface area contributed by atoms with Crippen molar-refractivity contribution in [2.75, 3.05) is 6.54 Å². The topological polar surface area (TPSA) is 37.3 Å². The molecule has 1 fully saturated rings. The molecule has 1 N–H and O–H groups in total. The number of benzene rings is 2. The lowest BCUT2D eigenvalue weighted by molar-refractivity contribution is -0.126. The van der Waals surface area contributed by atoms with Crippen LogP contribution in [0.15, 0.2) is 79.0 Å². The number of rotatable bonds is 6. The van der Waals surface area contributed by atoms with Crippen LogP contribution in [0, 0.1) is 0 Å². The average molecular weight is 388 g/mol. The van der Waals surface area contributed by atoms with E-state index in [9.17, 15) is 4.79 Å². The third-order valence-corrected chi connectivity index (χ3v) is 6.05. The highest BCUT2D eigenvalue weighted by atomic mass is 16.2. The molecule has 2 atom stereocenters. The van der Waals surface area contributed by atoms with Crippen LogP contribution in [0.4, 0.5) is 0 Å². The summed E-state index contributed by atoms with van der Waals surface area (Å²) in [5.41, 5.74) is 3.48. The number of hydrogen-bond acceptors (Lipinski definition) is 2. The van der Waals surface area contributed by atoms with Gasteiger partial charge in [0.05, 0.1) is 18.1 Å². The maximum absolute atomic E-state index is 13.3. The van der Waals surface area contributed by atoms with Gasteiger partial charge in [0.1, 0.15) is 0 Å². The number of hydrogen-bond donors (Lipinski definition) is 1. The van der Waals surface area contributed by atoms with Crippen LogP contribution < -0.4 is 5.32 Å². The van der Waals surface area contributed by atoms with Crippen molar-refractivity contribution in [3.05, 3.63) is 95.8 Å². The first kappa shape index (κ1) is 19.5. The summed E-state index contributed by atoms with van der Waals surface area (Å²) in [6, 6.07) is 24.6. The predicted octanol–water partition coefficient (Wildman–Crippen LogP) is 4.46. The molecule has 1 aromatic heterocycles. The third-order valence-electron chi connectivity index (χ3n) is 6.05. The summed E-state index contributed by atoms with van der Waals surface area (Å²) in [4.78, 5) is 15.7. The molecule has 0 spiro atoms. The van der Waals surface area contributed by atoms with E-state index in [2.05, 4.69) is 64.4 Å². The van der Waals surface area contributed by atoms with Crippen molar-refractivity contribution in [3.8, 4) is 0 Å². The van der Waals surface area contributed by atoms with Gasteiger partial charge < -0.3 is 9.88 Å². The second-order valence-electron chi connectivity index (χ2n) is 7.88. The molecule has 1 aliphatic heterocycles. The Balaban J connectivity index is 1.55. The minimum Gasteiger partial charge on any atom is -0.353 e. The number of amides is 1.